The summed E-state index contributed by atoms with van der Waals surface area (Å²) in [5.74, 6) is 1.69. The van der Waals surface area contributed by atoms with Crippen LogP contribution >= 0.6 is 11.6 Å². The van der Waals surface area contributed by atoms with Gasteiger partial charge in [-0.15, -0.1) is 0 Å². The lowest BCUT2D eigenvalue weighted by Gasteiger charge is -2.20. The summed E-state index contributed by atoms with van der Waals surface area (Å²) >= 11 is 6.05. The summed E-state index contributed by atoms with van der Waals surface area (Å²) in [5.41, 5.74) is 2.59. The Morgan fingerprint density at radius 1 is 1.00 bits per heavy atom. The molecule has 31 heavy (non-hydrogen) atoms. The number of ether oxygens (including phenoxy) is 2. The molecule has 156 valence electrons. The zero-order chi connectivity index (χ0) is 21.8. The van der Waals surface area contributed by atoms with Crippen LogP contribution in [0.3, 0.4) is 0 Å². The summed E-state index contributed by atoms with van der Waals surface area (Å²) in [7, 11) is 1.60. The van der Waals surface area contributed by atoms with Crippen molar-refractivity contribution in [1.82, 2.24) is 0 Å². The third-order valence-electron chi connectivity index (χ3n) is 4.79. The van der Waals surface area contributed by atoms with Crippen LogP contribution in [-0.4, -0.2) is 25.5 Å². The number of methoxy groups -OCH3 is 1. The van der Waals surface area contributed by atoms with E-state index in [0.29, 0.717) is 34.6 Å². The molecule has 3 aromatic carbocycles. The fraction of sp³-hybridized carbons (Fsp3) is 0.120. The standard InChI is InChI=1S/C25H21ClN2O3/c1-3-31-20-14-8-17(9-15-20)16-22-25(29)28(19-12-10-18(26)11-13-19)24(27-22)21-6-4-5-7-23(21)30-2/h4-16H,3H2,1-2H3. The molecular weight excluding hydrogens is 412 g/mol. The maximum Gasteiger partial charge on any atom is 0.282 e. The smallest absolute Gasteiger partial charge is 0.282 e. The minimum absolute atomic E-state index is 0.225. The SMILES string of the molecule is CCOc1ccc(C=C2N=C(c3ccccc3OC)N(c3ccc(Cl)cc3)C2=O)cc1. The minimum atomic E-state index is -0.225. The van der Waals surface area contributed by atoms with Crippen LogP contribution in [0, 0.1) is 0 Å². The maximum atomic E-state index is 13.4. The van der Waals surface area contributed by atoms with Crippen molar-refractivity contribution in [2.45, 2.75) is 6.92 Å². The lowest BCUT2D eigenvalue weighted by Crippen LogP contribution is -2.32. The van der Waals surface area contributed by atoms with E-state index in [1.54, 1.807) is 42.4 Å². The van der Waals surface area contributed by atoms with Gasteiger partial charge < -0.3 is 9.47 Å². The number of amides is 1. The first-order valence-corrected chi connectivity index (χ1v) is 10.2. The van der Waals surface area contributed by atoms with Crippen molar-refractivity contribution in [3.8, 4) is 11.5 Å². The van der Waals surface area contributed by atoms with Crippen molar-refractivity contribution >= 4 is 35.1 Å². The van der Waals surface area contributed by atoms with E-state index >= 15 is 0 Å². The van der Waals surface area contributed by atoms with Crippen molar-refractivity contribution in [2.24, 2.45) is 4.99 Å². The molecule has 0 aliphatic carbocycles. The number of aliphatic imine (C=N–C) groups is 1. The largest absolute Gasteiger partial charge is 0.496 e. The number of para-hydroxylation sites is 1. The summed E-state index contributed by atoms with van der Waals surface area (Å²) < 4.78 is 11.0. The number of hydrogen-bond acceptors (Lipinski definition) is 4. The zero-order valence-corrected chi connectivity index (χ0v) is 18.0. The molecule has 5 nitrogen and oxygen atoms in total. The van der Waals surface area contributed by atoms with Gasteiger partial charge in [-0.2, -0.15) is 0 Å². The molecule has 0 bridgehead atoms. The van der Waals surface area contributed by atoms with Crippen LogP contribution in [0.25, 0.3) is 6.08 Å². The van der Waals surface area contributed by atoms with Crippen molar-refractivity contribution in [3.05, 3.63) is 94.6 Å². The van der Waals surface area contributed by atoms with Gasteiger partial charge in [-0.25, -0.2) is 4.99 Å². The maximum absolute atomic E-state index is 13.4. The van der Waals surface area contributed by atoms with E-state index in [2.05, 4.69) is 0 Å². The van der Waals surface area contributed by atoms with E-state index in [-0.39, 0.29) is 5.91 Å². The lowest BCUT2D eigenvalue weighted by atomic mass is 10.1. The molecule has 0 aromatic heterocycles. The summed E-state index contributed by atoms with van der Waals surface area (Å²) in [6.07, 6.45) is 1.77. The molecule has 0 atom stereocenters. The Morgan fingerprint density at radius 2 is 1.71 bits per heavy atom. The number of amidine groups is 1. The highest BCUT2D eigenvalue weighted by Crippen LogP contribution is 2.31. The van der Waals surface area contributed by atoms with Crippen LogP contribution in [0.5, 0.6) is 11.5 Å². The van der Waals surface area contributed by atoms with Crippen LogP contribution in [0.4, 0.5) is 5.69 Å². The van der Waals surface area contributed by atoms with E-state index < -0.39 is 0 Å². The second-order valence-corrected chi connectivity index (χ2v) is 7.22. The number of carbonyl (C=O) groups excluding carboxylic acids is 1. The van der Waals surface area contributed by atoms with E-state index in [4.69, 9.17) is 26.1 Å². The van der Waals surface area contributed by atoms with E-state index in [0.717, 1.165) is 16.9 Å². The van der Waals surface area contributed by atoms with Crippen LogP contribution < -0.4 is 14.4 Å². The van der Waals surface area contributed by atoms with Crippen molar-refractivity contribution in [3.63, 3.8) is 0 Å². The van der Waals surface area contributed by atoms with Gasteiger partial charge in [0.05, 0.1) is 25.0 Å². The number of nitrogens with zero attached hydrogens (tertiary/aromatic N) is 2. The Morgan fingerprint density at radius 3 is 2.39 bits per heavy atom. The number of rotatable bonds is 6. The van der Waals surface area contributed by atoms with E-state index in [1.165, 1.54) is 0 Å². The third kappa shape index (κ3) is 4.32. The summed E-state index contributed by atoms with van der Waals surface area (Å²) in [6, 6.07) is 22.1. The van der Waals surface area contributed by atoms with E-state index in [1.807, 2.05) is 55.5 Å². The highest BCUT2D eigenvalue weighted by Gasteiger charge is 2.33. The summed E-state index contributed by atoms with van der Waals surface area (Å²) in [6.45, 7) is 2.54. The number of halogens is 1. The molecule has 4 rings (SSSR count). The Bertz CT molecular complexity index is 1150. The molecule has 6 heteroatoms. The number of carbonyl (C=O) groups is 1. The zero-order valence-electron chi connectivity index (χ0n) is 17.2. The molecule has 1 amide bonds. The lowest BCUT2D eigenvalue weighted by molar-refractivity contribution is -0.113. The first-order valence-electron chi connectivity index (χ1n) is 9.87. The Labute approximate surface area is 186 Å². The van der Waals surface area contributed by atoms with Crippen molar-refractivity contribution in [1.29, 1.82) is 0 Å². The monoisotopic (exact) mass is 432 g/mol. The van der Waals surface area contributed by atoms with Gasteiger partial charge in [-0.05, 0) is 67.1 Å². The molecule has 0 radical (unpaired) electrons. The summed E-state index contributed by atoms with van der Waals surface area (Å²) in [4.78, 5) is 19.7. The van der Waals surface area contributed by atoms with Crippen LogP contribution in [0.15, 0.2) is 83.5 Å². The van der Waals surface area contributed by atoms with Gasteiger partial charge in [0.15, 0.2) is 5.84 Å². The predicted octanol–water partition coefficient (Wildman–Crippen LogP) is 5.58. The molecule has 0 N–H and O–H groups in total. The first-order chi connectivity index (χ1) is 15.1. The van der Waals surface area contributed by atoms with Crippen molar-refractivity contribution in [2.75, 3.05) is 18.6 Å². The van der Waals surface area contributed by atoms with Crippen LogP contribution in [0.1, 0.15) is 18.1 Å². The highest BCUT2D eigenvalue weighted by atomic mass is 35.5. The van der Waals surface area contributed by atoms with Crippen molar-refractivity contribution < 1.29 is 14.3 Å². The molecule has 1 heterocycles. The molecular formula is C25H21ClN2O3. The molecule has 3 aromatic rings. The molecule has 0 unspecified atom stereocenters. The van der Waals surface area contributed by atoms with Gasteiger partial charge >= 0.3 is 0 Å². The average molecular weight is 433 g/mol. The van der Waals surface area contributed by atoms with Gasteiger partial charge in [0.25, 0.3) is 5.91 Å². The predicted molar refractivity (Wildman–Crippen MR) is 124 cm³/mol. The van der Waals surface area contributed by atoms with Gasteiger partial charge in [-0.1, -0.05) is 35.9 Å². The fourth-order valence-corrected chi connectivity index (χ4v) is 3.47. The Hall–Kier alpha value is -3.57. The van der Waals surface area contributed by atoms with Crippen LogP contribution in [0.2, 0.25) is 5.02 Å². The second kappa shape index (κ2) is 9.06. The summed E-state index contributed by atoms with van der Waals surface area (Å²) in [5, 5.41) is 0.594. The minimum Gasteiger partial charge on any atom is -0.496 e. The van der Waals surface area contributed by atoms with Crippen LogP contribution in [-0.2, 0) is 4.79 Å². The number of hydrogen-bond donors (Lipinski definition) is 0. The highest BCUT2D eigenvalue weighted by molar-refractivity contribution is 6.34. The molecule has 0 saturated carbocycles. The molecule has 0 fully saturated rings. The van der Waals surface area contributed by atoms with E-state index in [9.17, 15) is 4.79 Å². The molecule has 0 saturated heterocycles. The molecule has 1 aliphatic rings. The quantitative estimate of drug-likeness (QED) is 0.477. The Kier molecular flexibility index (Phi) is 6.05. The topological polar surface area (TPSA) is 51.1 Å². The van der Waals surface area contributed by atoms with Gasteiger partial charge in [-0.3, -0.25) is 9.69 Å². The average Bonchev–Trinajstić information content (AvgIpc) is 3.11. The van der Waals surface area contributed by atoms with Gasteiger partial charge in [0, 0.05) is 5.02 Å². The Balaban J connectivity index is 1.79. The first kappa shape index (κ1) is 20.7. The van der Waals surface area contributed by atoms with Gasteiger partial charge in [0.2, 0.25) is 0 Å². The number of anilines is 1. The normalized spacial score (nSPS) is 14.7. The molecule has 1 aliphatic heterocycles. The van der Waals surface area contributed by atoms with Gasteiger partial charge in [0.1, 0.15) is 17.2 Å². The second-order valence-electron chi connectivity index (χ2n) is 6.78. The molecule has 0 spiro atoms. The fourth-order valence-electron chi connectivity index (χ4n) is 3.34. The number of benzene rings is 3. The third-order valence-corrected chi connectivity index (χ3v) is 5.04.